The van der Waals surface area contributed by atoms with Crippen molar-refractivity contribution in [2.24, 2.45) is 5.92 Å². The van der Waals surface area contributed by atoms with E-state index in [0.717, 1.165) is 0 Å². The van der Waals surface area contributed by atoms with Gasteiger partial charge in [0.15, 0.2) is 5.78 Å². The predicted molar refractivity (Wildman–Crippen MR) is 46.9 cm³/mol. The molecule has 1 rings (SSSR count). The van der Waals surface area contributed by atoms with E-state index in [1.165, 1.54) is 12.2 Å². The van der Waals surface area contributed by atoms with Crippen LogP contribution in [-0.2, 0) is 4.79 Å². The molecule has 0 heterocycles. The van der Waals surface area contributed by atoms with Gasteiger partial charge in [0, 0.05) is 0 Å². The Morgan fingerprint density at radius 3 is 2.73 bits per heavy atom. The molecular weight excluding hydrogens is 183 g/mol. The number of allylic oxidation sites excluding steroid dienone is 3. The van der Waals surface area contributed by atoms with E-state index < -0.39 is 4.33 Å². The molecule has 0 bridgehead atoms. The summed E-state index contributed by atoms with van der Waals surface area (Å²) in [6.07, 6.45) is 5.12. The Hall–Kier alpha value is -0.270. The molecule has 0 saturated heterocycles. The minimum Gasteiger partial charge on any atom is -0.294 e. The molecule has 0 radical (unpaired) electrons. The Bertz CT molecular complexity index is 218. The fourth-order valence-electron chi connectivity index (χ4n) is 1.06. The molecular formula is C8H8Cl2O. The molecule has 0 aromatic heterocycles. The Kier molecular flexibility index (Phi) is 2.40. The van der Waals surface area contributed by atoms with Gasteiger partial charge in [-0.05, 0) is 18.6 Å². The van der Waals surface area contributed by atoms with Crippen LogP contribution in [0.5, 0.6) is 0 Å². The monoisotopic (exact) mass is 190 g/mol. The van der Waals surface area contributed by atoms with Gasteiger partial charge < -0.3 is 0 Å². The third-order valence-corrected chi connectivity index (χ3v) is 2.46. The lowest BCUT2D eigenvalue weighted by Gasteiger charge is -2.17. The molecule has 60 valence electrons. The molecule has 0 amide bonds. The van der Waals surface area contributed by atoms with Crippen molar-refractivity contribution < 1.29 is 4.79 Å². The lowest BCUT2D eigenvalue weighted by molar-refractivity contribution is -0.117. The highest BCUT2D eigenvalue weighted by molar-refractivity contribution is 6.52. The van der Waals surface area contributed by atoms with Crippen molar-refractivity contribution >= 4 is 29.0 Å². The zero-order valence-corrected chi connectivity index (χ0v) is 7.40. The molecule has 0 fully saturated rings. The maximum absolute atomic E-state index is 11.1. The van der Waals surface area contributed by atoms with Crippen molar-refractivity contribution in [2.45, 2.75) is 10.8 Å². The number of hydrogen-bond donors (Lipinski definition) is 0. The minimum absolute atomic E-state index is 0.0186. The molecule has 1 aliphatic carbocycles. The summed E-state index contributed by atoms with van der Waals surface area (Å²) in [5.74, 6) is -0.363. The second-order valence-corrected chi connectivity index (χ2v) is 3.93. The first-order chi connectivity index (χ1) is 5.08. The number of alkyl halides is 2. The lowest BCUT2D eigenvalue weighted by atomic mass is 10.0. The maximum atomic E-state index is 11.1. The molecule has 0 saturated carbocycles. The molecule has 0 aliphatic heterocycles. The van der Waals surface area contributed by atoms with Gasteiger partial charge in [0.05, 0.1) is 5.92 Å². The molecule has 0 spiro atoms. The van der Waals surface area contributed by atoms with Crippen LogP contribution >= 0.6 is 23.2 Å². The zero-order chi connectivity index (χ0) is 8.48. The zero-order valence-electron chi connectivity index (χ0n) is 5.89. The summed E-state index contributed by atoms with van der Waals surface area (Å²) >= 11 is 11.6. The van der Waals surface area contributed by atoms with Crippen molar-refractivity contribution in [2.75, 3.05) is 0 Å². The molecule has 1 aliphatic rings. The summed E-state index contributed by atoms with van der Waals surface area (Å²) in [6, 6.07) is 0. The van der Waals surface area contributed by atoms with E-state index in [1.54, 1.807) is 6.08 Å². The Morgan fingerprint density at radius 2 is 2.36 bits per heavy atom. The van der Waals surface area contributed by atoms with Crippen LogP contribution in [-0.4, -0.2) is 10.1 Å². The van der Waals surface area contributed by atoms with Gasteiger partial charge in [-0.2, -0.15) is 0 Å². The highest BCUT2D eigenvalue weighted by Gasteiger charge is 2.40. The molecule has 0 aromatic rings. The number of hydrogen-bond acceptors (Lipinski definition) is 1. The quantitative estimate of drug-likeness (QED) is 0.484. The SMILES string of the molecule is C=CCC1C(=O)C=CC1(Cl)Cl. The normalized spacial score (nSPS) is 27.5. The van der Waals surface area contributed by atoms with Crippen LogP contribution in [0, 0.1) is 5.92 Å². The van der Waals surface area contributed by atoms with E-state index in [2.05, 4.69) is 6.58 Å². The van der Waals surface area contributed by atoms with Gasteiger partial charge in [0.2, 0.25) is 0 Å². The number of rotatable bonds is 2. The predicted octanol–water partition coefficient (Wildman–Crippen LogP) is 2.49. The van der Waals surface area contributed by atoms with Gasteiger partial charge in [0.1, 0.15) is 4.33 Å². The number of ketones is 1. The fourth-order valence-corrected chi connectivity index (χ4v) is 1.57. The van der Waals surface area contributed by atoms with E-state index in [0.29, 0.717) is 6.42 Å². The first-order valence-electron chi connectivity index (χ1n) is 3.29. The number of carbonyl (C=O) groups is 1. The first-order valence-corrected chi connectivity index (χ1v) is 4.05. The Labute approximate surface area is 75.7 Å². The van der Waals surface area contributed by atoms with E-state index in [-0.39, 0.29) is 11.7 Å². The third kappa shape index (κ3) is 1.66. The van der Waals surface area contributed by atoms with Crippen LogP contribution in [0.4, 0.5) is 0 Å². The van der Waals surface area contributed by atoms with E-state index in [9.17, 15) is 4.79 Å². The lowest BCUT2D eigenvalue weighted by Crippen LogP contribution is -2.23. The molecule has 11 heavy (non-hydrogen) atoms. The Morgan fingerprint density at radius 1 is 1.73 bits per heavy atom. The van der Waals surface area contributed by atoms with Crippen LogP contribution in [0.25, 0.3) is 0 Å². The summed E-state index contributed by atoms with van der Waals surface area (Å²) < 4.78 is -1.02. The standard InChI is InChI=1S/C8H8Cl2O/c1-2-3-6-7(11)4-5-8(6,9)10/h2,4-6H,1,3H2. The molecule has 1 nitrogen and oxygen atoms in total. The summed E-state index contributed by atoms with van der Waals surface area (Å²) in [4.78, 5) is 11.1. The number of carbonyl (C=O) groups excluding carboxylic acids is 1. The molecule has 0 N–H and O–H groups in total. The summed E-state index contributed by atoms with van der Waals surface area (Å²) in [6.45, 7) is 3.53. The molecule has 1 atom stereocenters. The van der Waals surface area contributed by atoms with Crippen molar-refractivity contribution in [3.05, 3.63) is 24.8 Å². The molecule has 0 aromatic carbocycles. The first kappa shape index (κ1) is 8.82. The van der Waals surface area contributed by atoms with E-state index in [1.807, 2.05) is 0 Å². The summed E-state index contributed by atoms with van der Waals surface area (Å²) in [5, 5.41) is 0. The van der Waals surface area contributed by atoms with Crippen LogP contribution < -0.4 is 0 Å². The second kappa shape index (κ2) is 3.00. The Balaban J connectivity index is 2.78. The fraction of sp³-hybridized carbons (Fsp3) is 0.375. The van der Waals surface area contributed by atoms with E-state index >= 15 is 0 Å². The third-order valence-electron chi connectivity index (χ3n) is 1.68. The minimum atomic E-state index is -1.02. The highest BCUT2D eigenvalue weighted by Crippen LogP contribution is 2.39. The van der Waals surface area contributed by atoms with Crippen molar-refractivity contribution in [3.8, 4) is 0 Å². The average molecular weight is 191 g/mol. The van der Waals surface area contributed by atoms with Gasteiger partial charge in [-0.3, -0.25) is 4.79 Å². The van der Waals surface area contributed by atoms with Gasteiger partial charge in [-0.1, -0.05) is 29.3 Å². The van der Waals surface area contributed by atoms with Gasteiger partial charge in [0.25, 0.3) is 0 Å². The topological polar surface area (TPSA) is 17.1 Å². The van der Waals surface area contributed by atoms with Crippen molar-refractivity contribution in [3.63, 3.8) is 0 Å². The van der Waals surface area contributed by atoms with Gasteiger partial charge in [-0.15, -0.1) is 6.58 Å². The van der Waals surface area contributed by atoms with Crippen LogP contribution in [0.2, 0.25) is 0 Å². The van der Waals surface area contributed by atoms with Crippen molar-refractivity contribution in [1.29, 1.82) is 0 Å². The van der Waals surface area contributed by atoms with Crippen molar-refractivity contribution in [1.82, 2.24) is 0 Å². The summed E-state index contributed by atoms with van der Waals surface area (Å²) in [5.41, 5.74) is 0. The van der Waals surface area contributed by atoms with Crippen LogP contribution in [0.3, 0.4) is 0 Å². The smallest absolute Gasteiger partial charge is 0.162 e. The molecule has 3 heteroatoms. The largest absolute Gasteiger partial charge is 0.294 e. The second-order valence-electron chi connectivity index (χ2n) is 2.49. The highest BCUT2D eigenvalue weighted by atomic mass is 35.5. The van der Waals surface area contributed by atoms with Crippen LogP contribution in [0.15, 0.2) is 24.8 Å². The molecule has 1 unspecified atom stereocenters. The van der Waals surface area contributed by atoms with Crippen LogP contribution in [0.1, 0.15) is 6.42 Å². The summed E-state index contributed by atoms with van der Waals surface area (Å²) in [7, 11) is 0. The maximum Gasteiger partial charge on any atom is 0.162 e. The average Bonchev–Trinajstić information content (AvgIpc) is 2.16. The number of halogens is 2. The van der Waals surface area contributed by atoms with Gasteiger partial charge >= 0.3 is 0 Å². The van der Waals surface area contributed by atoms with Gasteiger partial charge in [-0.25, -0.2) is 0 Å². The van der Waals surface area contributed by atoms with E-state index in [4.69, 9.17) is 23.2 Å².